The number of nitrogens with two attached hydrogens (primary N) is 1. The van der Waals surface area contributed by atoms with E-state index < -0.39 is 5.91 Å². The van der Waals surface area contributed by atoms with Crippen molar-refractivity contribution in [2.45, 2.75) is 0 Å². The van der Waals surface area contributed by atoms with Crippen LogP contribution in [0.15, 0.2) is 24.3 Å². The topological polar surface area (TPSA) is 70.7 Å². The number of carbonyl (C=O) groups is 1. The Labute approximate surface area is 59.4 Å². The summed E-state index contributed by atoms with van der Waals surface area (Å²) in [5.74, 6) is 0.118. The van der Waals surface area contributed by atoms with E-state index in [-0.39, 0.29) is 0 Å². The first kappa shape index (κ1) is 6.77. The van der Waals surface area contributed by atoms with Crippen LogP contribution in [0, 0.1) is 12.0 Å². The molecule has 5 N–H and O–H groups in total. The van der Waals surface area contributed by atoms with Crippen LogP contribution < -0.4 is 11.5 Å². The lowest BCUT2D eigenvalue weighted by Gasteiger charge is -2.25. The molecule has 0 atom stereocenters. The van der Waals surface area contributed by atoms with Crippen molar-refractivity contribution in [3.63, 3.8) is 0 Å². The molecular weight excluding hydrogens is 128 g/mol. The molecule has 10 heavy (non-hydrogen) atoms. The van der Waals surface area contributed by atoms with Crippen LogP contribution in [0.1, 0.15) is 0 Å². The van der Waals surface area contributed by atoms with Gasteiger partial charge < -0.3 is 11.5 Å². The van der Waals surface area contributed by atoms with Gasteiger partial charge >= 0.3 is 0 Å². The highest BCUT2D eigenvalue weighted by molar-refractivity contribution is 5.94. The molecule has 0 heterocycles. The third-order valence-electron chi connectivity index (χ3n) is 1.24. The largest absolute Gasteiger partial charge is 0.394 e. The molecule has 0 unspecified atom stereocenters. The van der Waals surface area contributed by atoms with Crippen molar-refractivity contribution in [3.05, 3.63) is 36.3 Å². The molecule has 3 heteroatoms. The summed E-state index contributed by atoms with van der Waals surface area (Å²) < 4.78 is 0. The lowest BCUT2D eigenvalue weighted by atomic mass is 10.0. The zero-order chi connectivity index (χ0) is 7.56. The Hall–Kier alpha value is -1.35. The van der Waals surface area contributed by atoms with Gasteiger partial charge in [-0.2, -0.15) is 5.92 Å². The molecule has 1 amide bonds. The quantitative estimate of drug-likeness (QED) is 0.444. The monoisotopic (exact) mass is 137 g/mol. The third kappa shape index (κ3) is 1.33. The van der Waals surface area contributed by atoms with Gasteiger partial charge in [-0.3, -0.25) is 16.9 Å². The smallest absolute Gasteiger partial charge is 0.169 e. The number of carbonyl (C=O) groups excluding carboxylic acids is 1. The first-order valence-electron chi connectivity index (χ1n) is 2.92. The molecule has 1 rings (SSSR count). The first-order valence-corrected chi connectivity index (χ1v) is 2.92. The third-order valence-corrected chi connectivity index (χ3v) is 1.24. The van der Waals surface area contributed by atoms with Crippen LogP contribution in [0.3, 0.4) is 0 Å². The number of primary amides is 1. The van der Waals surface area contributed by atoms with Crippen LogP contribution in [0.4, 0.5) is 0 Å². The lowest BCUT2D eigenvalue weighted by molar-refractivity contribution is -0.330. The van der Waals surface area contributed by atoms with Gasteiger partial charge in [0.05, 0.1) is 0 Å². The fourth-order valence-electron chi connectivity index (χ4n) is 0.669. The highest BCUT2D eigenvalue weighted by atomic mass is 16.1. The average molecular weight is 137 g/mol. The van der Waals surface area contributed by atoms with Crippen LogP contribution in [-0.2, 0) is 4.79 Å². The van der Waals surface area contributed by atoms with Crippen molar-refractivity contribution >= 4 is 5.91 Å². The maximum absolute atomic E-state index is 10.5. The first-order chi connectivity index (χ1) is 4.70. The Morgan fingerprint density at radius 1 is 1.30 bits per heavy atom. The van der Waals surface area contributed by atoms with Crippen molar-refractivity contribution in [2.24, 2.45) is 5.73 Å². The molecule has 0 aromatic heterocycles. The predicted molar refractivity (Wildman–Crippen MR) is 36.8 cm³/mol. The molecule has 54 valence electrons. The number of amides is 1. The molecule has 0 aliphatic heterocycles. The fraction of sp³-hybridized carbons (Fsp3) is 0. The molecular formula is C7H9N2O-. The van der Waals surface area contributed by atoms with Crippen molar-refractivity contribution in [1.29, 1.82) is 0 Å². The van der Waals surface area contributed by atoms with Crippen molar-refractivity contribution in [2.75, 3.05) is 0 Å². The van der Waals surface area contributed by atoms with E-state index in [0.29, 0.717) is 5.92 Å². The van der Waals surface area contributed by atoms with Crippen molar-refractivity contribution in [3.8, 4) is 0 Å². The van der Waals surface area contributed by atoms with Crippen molar-refractivity contribution < 1.29 is 10.5 Å². The maximum atomic E-state index is 10.5. The number of hydrogen-bond donors (Lipinski definition) is 2. The van der Waals surface area contributed by atoms with Crippen LogP contribution in [0.2, 0.25) is 0 Å². The van der Waals surface area contributed by atoms with E-state index in [2.05, 4.69) is 5.73 Å². The van der Waals surface area contributed by atoms with E-state index in [1.165, 1.54) is 0 Å². The van der Waals surface area contributed by atoms with Gasteiger partial charge in [-0.05, 0) is 0 Å². The zero-order valence-corrected chi connectivity index (χ0v) is 5.50. The van der Waals surface area contributed by atoms with Gasteiger partial charge in [0.15, 0.2) is 5.91 Å². The number of quaternary nitrogens is 1. The van der Waals surface area contributed by atoms with Crippen LogP contribution in [0.25, 0.3) is 0 Å². The number of rotatable bonds is 1. The second-order valence-corrected chi connectivity index (χ2v) is 2.06. The summed E-state index contributed by atoms with van der Waals surface area (Å²) in [5.41, 5.74) is 8.67. The highest BCUT2D eigenvalue weighted by Gasteiger charge is 1.94. The Bertz CT molecular complexity index is 182. The second kappa shape index (κ2) is 2.49. The standard InChI is InChI=1S/C7H9N2O/c8-6-3-1-5(2-4-6)7(9)10/h1-4H,8H3,(H2,9,10)/q-1. The van der Waals surface area contributed by atoms with Gasteiger partial charge in [0.25, 0.3) is 0 Å². The zero-order valence-electron chi connectivity index (χ0n) is 5.50. The molecule has 1 aliphatic rings. The van der Waals surface area contributed by atoms with Gasteiger partial charge in [-0.1, -0.05) is 6.04 Å². The highest BCUT2D eigenvalue weighted by Crippen LogP contribution is 2.11. The van der Waals surface area contributed by atoms with E-state index in [0.717, 1.165) is 6.04 Å². The van der Waals surface area contributed by atoms with E-state index >= 15 is 0 Å². The summed E-state index contributed by atoms with van der Waals surface area (Å²) in [6, 6.07) is 0.880. The van der Waals surface area contributed by atoms with Gasteiger partial charge in [0, 0.05) is 0 Å². The summed E-state index contributed by atoms with van der Waals surface area (Å²) in [6.07, 6.45) is 6.82. The van der Waals surface area contributed by atoms with E-state index in [9.17, 15) is 4.79 Å². The molecule has 0 aromatic carbocycles. The summed E-state index contributed by atoms with van der Waals surface area (Å²) in [7, 11) is 0. The van der Waals surface area contributed by atoms with Crippen LogP contribution in [0.5, 0.6) is 0 Å². The Morgan fingerprint density at radius 2 is 1.80 bits per heavy atom. The average Bonchev–Trinajstić information content (AvgIpc) is 1.88. The molecule has 0 fully saturated rings. The maximum Gasteiger partial charge on any atom is 0.169 e. The SMILES string of the molecule is NC(=O)[C-]1C=C[C-]([NH3+])C=C1. The Balaban J connectivity index is 2.62. The van der Waals surface area contributed by atoms with Gasteiger partial charge in [0.1, 0.15) is 0 Å². The van der Waals surface area contributed by atoms with Gasteiger partial charge in [0.2, 0.25) is 0 Å². The molecule has 0 spiro atoms. The minimum absolute atomic E-state index is 0.403. The second-order valence-electron chi connectivity index (χ2n) is 2.06. The lowest BCUT2D eigenvalue weighted by Crippen LogP contribution is -2.52. The van der Waals surface area contributed by atoms with Crippen LogP contribution >= 0.6 is 0 Å². The van der Waals surface area contributed by atoms with Crippen molar-refractivity contribution in [1.82, 2.24) is 0 Å². The van der Waals surface area contributed by atoms with E-state index in [1.807, 2.05) is 0 Å². The van der Waals surface area contributed by atoms with E-state index in [4.69, 9.17) is 5.73 Å². The summed E-state index contributed by atoms with van der Waals surface area (Å²) in [6.45, 7) is 0. The molecule has 0 radical (unpaired) electrons. The summed E-state index contributed by atoms with van der Waals surface area (Å²) >= 11 is 0. The minimum atomic E-state index is -0.403. The normalized spacial score (nSPS) is 16.1. The summed E-state index contributed by atoms with van der Waals surface area (Å²) in [5, 5.41) is 0. The molecule has 0 saturated carbocycles. The molecule has 3 nitrogen and oxygen atoms in total. The predicted octanol–water partition coefficient (Wildman–Crippen LogP) is -1.05. The molecule has 0 aromatic rings. The Morgan fingerprint density at radius 3 is 2.20 bits per heavy atom. The fourth-order valence-corrected chi connectivity index (χ4v) is 0.669. The van der Waals surface area contributed by atoms with Crippen LogP contribution in [-0.4, -0.2) is 5.91 Å². The van der Waals surface area contributed by atoms with Gasteiger partial charge in [-0.15, -0.1) is 0 Å². The van der Waals surface area contributed by atoms with E-state index in [1.54, 1.807) is 24.3 Å². The summed E-state index contributed by atoms with van der Waals surface area (Å²) in [4.78, 5) is 10.5. The molecule has 0 saturated heterocycles. The number of hydrogen-bond acceptors (Lipinski definition) is 1. The minimum Gasteiger partial charge on any atom is -0.394 e. The molecule has 0 bridgehead atoms. The van der Waals surface area contributed by atoms with Gasteiger partial charge in [-0.25, -0.2) is 12.2 Å². The Kier molecular flexibility index (Phi) is 1.69. The molecule has 1 aliphatic carbocycles.